The van der Waals surface area contributed by atoms with Crippen LogP contribution in [0.1, 0.15) is 5.56 Å². The number of anilines is 1. The number of pyridine rings is 1. The summed E-state index contributed by atoms with van der Waals surface area (Å²) in [5.41, 5.74) is 6.46. The molecule has 10 nitrogen and oxygen atoms in total. The average molecular weight is 328 g/mol. The van der Waals surface area contributed by atoms with Gasteiger partial charge in [-0.15, -0.1) is 0 Å². The van der Waals surface area contributed by atoms with Crippen molar-refractivity contribution in [3.63, 3.8) is 0 Å². The summed E-state index contributed by atoms with van der Waals surface area (Å²) in [5, 5.41) is 1.15. The molecule has 0 aliphatic carbocycles. The molecule has 3 heterocycles. The number of rotatable bonds is 3. The van der Waals surface area contributed by atoms with Crippen LogP contribution >= 0.6 is 0 Å². The maximum atomic E-state index is 12.2. The minimum absolute atomic E-state index is 0.176. The van der Waals surface area contributed by atoms with Gasteiger partial charge in [0.05, 0.1) is 5.70 Å². The van der Waals surface area contributed by atoms with Crippen LogP contribution in [0.15, 0.2) is 40.3 Å². The van der Waals surface area contributed by atoms with E-state index in [0.717, 1.165) is 9.58 Å². The van der Waals surface area contributed by atoms with Crippen molar-refractivity contribution in [1.82, 2.24) is 24.1 Å². The zero-order valence-corrected chi connectivity index (χ0v) is 13.1. The Balaban J connectivity index is 2.07. The lowest BCUT2D eigenvalue weighted by atomic mass is 10.2. The maximum Gasteiger partial charge on any atom is 0.332 e. The van der Waals surface area contributed by atoms with E-state index < -0.39 is 11.2 Å². The van der Waals surface area contributed by atoms with Gasteiger partial charge in [0.25, 0.3) is 5.56 Å². The molecule has 0 bridgehead atoms. The first-order valence-corrected chi connectivity index (χ1v) is 6.97. The third-order valence-corrected chi connectivity index (χ3v) is 3.60. The third-order valence-electron chi connectivity index (χ3n) is 3.60. The molecule has 3 aromatic rings. The summed E-state index contributed by atoms with van der Waals surface area (Å²) in [4.78, 5) is 35.1. The van der Waals surface area contributed by atoms with Crippen LogP contribution in [0, 0.1) is 0 Å². The lowest BCUT2D eigenvalue weighted by Gasteiger charge is -2.11. The SMILES string of the molecule is Cn1c(=O)c2[nH]c(N(N)/C=C(\N)c3cccnc3)nc2n(C)c1=O. The highest BCUT2D eigenvalue weighted by atomic mass is 16.2. The quantitative estimate of drug-likeness (QED) is 0.413. The van der Waals surface area contributed by atoms with Crippen molar-refractivity contribution in [2.24, 2.45) is 25.7 Å². The first-order chi connectivity index (χ1) is 11.4. The summed E-state index contributed by atoms with van der Waals surface area (Å²) in [6.07, 6.45) is 4.67. The van der Waals surface area contributed by atoms with E-state index in [9.17, 15) is 9.59 Å². The van der Waals surface area contributed by atoms with Crippen molar-refractivity contribution in [3.05, 3.63) is 57.1 Å². The van der Waals surface area contributed by atoms with Gasteiger partial charge in [0.1, 0.15) is 0 Å². The fraction of sp³-hybridized carbons (Fsp3) is 0.143. The van der Waals surface area contributed by atoms with Gasteiger partial charge < -0.3 is 10.7 Å². The molecular formula is C14H16N8O2. The zero-order valence-electron chi connectivity index (χ0n) is 13.1. The normalized spacial score (nSPS) is 11.9. The Hall–Kier alpha value is -3.40. The number of imidazole rings is 1. The lowest BCUT2D eigenvalue weighted by Crippen LogP contribution is -2.36. The Morgan fingerprint density at radius 3 is 2.75 bits per heavy atom. The molecular weight excluding hydrogens is 312 g/mol. The van der Waals surface area contributed by atoms with Crippen LogP contribution in [-0.2, 0) is 14.1 Å². The Morgan fingerprint density at radius 2 is 2.08 bits per heavy atom. The van der Waals surface area contributed by atoms with E-state index in [0.29, 0.717) is 11.3 Å². The molecule has 0 amide bonds. The number of hydrogen-bond acceptors (Lipinski definition) is 7. The van der Waals surface area contributed by atoms with Crippen LogP contribution in [0.5, 0.6) is 0 Å². The van der Waals surface area contributed by atoms with E-state index in [-0.39, 0.29) is 17.1 Å². The van der Waals surface area contributed by atoms with E-state index >= 15 is 0 Å². The molecule has 3 aromatic heterocycles. The van der Waals surface area contributed by atoms with Gasteiger partial charge in [-0.05, 0) is 12.1 Å². The van der Waals surface area contributed by atoms with Crippen molar-refractivity contribution < 1.29 is 0 Å². The predicted molar refractivity (Wildman–Crippen MR) is 89.6 cm³/mol. The van der Waals surface area contributed by atoms with Crippen LogP contribution in [0.3, 0.4) is 0 Å². The molecule has 3 rings (SSSR count). The Bertz CT molecular complexity index is 1040. The minimum atomic E-state index is -0.482. The average Bonchev–Trinajstić information content (AvgIpc) is 3.04. The summed E-state index contributed by atoms with van der Waals surface area (Å²) < 4.78 is 2.25. The summed E-state index contributed by atoms with van der Waals surface area (Å²) >= 11 is 0. The van der Waals surface area contributed by atoms with Crippen molar-refractivity contribution >= 4 is 22.8 Å². The van der Waals surface area contributed by atoms with Gasteiger partial charge in [-0.3, -0.25) is 23.9 Å². The van der Waals surface area contributed by atoms with Crippen LogP contribution in [-0.4, -0.2) is 24.1 Å². The van der Waals surface area contributed by atoms with E-state index in [1.165, 1.54) is 24.9 Å². The number of fused-ring (bicyclic) bond motifs is 1. The van der Waals surface area contributed by atoms with Gasteiger partial charge in [-0.2, -0.15) is 4.98 Å². The van der Waals surface area contributed by atoms with Gasteiger partial charge in [-0.1, -0.05) is 0 Å². The lowest BCUT2D eigenvalue weighted by molar-refractivity contribution is 0.708. The summed E-state index contributed by atoms with van der Waals surface area (Å²) in [6.45, 7) is 0. The highest BCUT2D eigenvalue weighted by Crippen LogP contribution is 2.13. The molecule has 0 unspecified atom stereocenters. The topological polar surface area (TPSA) is 141 Å². The molecule has 0 radical (unpaired) electrons. The van der Waals surface area contributed by atoms with Gasteiger partial charge in [0.15, 0.2) is 11.2 Å². The highest BCUT2D eigenvalue weighted by molar-refractivity contribution is 5.74. The molecule has 0 saturated heterocycles. The molecule has 0 aliphatic rings. The van der Waals surface area contributed by atoms with E-state index in [2.05, 4.69) is 15.0 Å². The van der Waals surface area contributed by atoms with E-state index in [1.54, 1.807) is 24.5 Å². The second-order valence-corrected chi connectivity index (χ2v) is 5.20. The Labute approximate surface area is 135 Å². The molecule has 24 heavy (non-hydrogen) atoms. The number of hydrazine groups is 1. The fourth-order valence-electron chi connectivity index (χ4n) is 2.26. The zero-order chi connectivity index (χ0) is 17.4. The Kier molecular flexibility index (Phi) is 3.66. The number of aromatic amines is 1. The van der Waals surface area contributed by atoms with Gasteiger partial charge in [-0.25, -0.2) is 10.6 Å². The first-order valence-electron chi connectivity index (χ1n) is 6.97. The number of nitrogens with one attached hydrogen (secondary N) is 1. The molecule has 0 spiro atoms. The van der Waals surface area contributed by atoms with Crippen LogP contribution < -0.4 is 27.8 Å². The molecule has 0 atom stereocenters. The summed E-state index contributed by atoms with van der Waals surface area (Å²) in [7, 11) is 2.92. The van der Waals surface area contributed by atoms with Crippen molar-refractivity contribution in [1.29, 1.82) is 0 Å². The largest absolute Gasteiger partial charge is 0.397 e. The predicted octanol–water partition coefficient (Wildman–Crippen LogP) is -1.01. The minimum Gasteiger partial charge on any atom is -0.397 e. The number of nitrogens with two attached hydrogens (primary N) is 2. The maximum absolute atomic E-state index is 12.2. The van der Waals surface area contributed by atoms with Crippen LogP contribution in [0.2, 0.25) is 0 Å². The second kappa shape index (κ2) is 5.66. The van der Waals surface area contributed by atoms with Crippen LogP contribution in [0.4, 0.5) is 5.95 Å². The summed E-state index contributed by atoms with van der Waals surface area (Å²) in [6, 6.07) is 3.53. The van der Waals surface area contributed by atoms with E-state index in [1.807, 2.05) is 0 Å². The molecule has 10 heteroatoms. The second-order valence-electron chi connectivity index (χ2n) is 5.20. The van der Waals surface area contributed by atoms with Crippen molar-refractivity contribution in [2.45, 2.75) is 0 Å². The van der Waals surface area contributed by atoms with Crippen molar-refractivity contribution in [3.8, 4) is 0 Å². The highest BCUT2D eigenvalue weighted by Gasteiger charge is 2.15. The van der Waals surface area contributed by atoms with Gasteiger partial charge >= 0.3 is 5.69 Å². The number of aromatic nitrogens is 5. The number of H-pyrrole nitrogens is 1. The van der Waals surface area contributed by atoms with Crippen LogP contribution in [0.25, 0.3) is 16.9 Å². The third kappa shape index (κ3) is 2.44. The molecule has 5 N–H and O–H groups in total. The van der Waals surface area contributed by atoms with Gasteiger partial charge in [0.2, 0.25) is 5.95 Å². The standard InChI is InChI=1S/C14H16N8O2/c1-20-11-10(12(23)21(2)14(20)24)18-13(19-11)22(16)7-9(15)8-4-3-5-17-6-8/h3-7H,15-16H2,1-2H3,(H,18,19)/b9-7-. The molecule has 0 fully saturated rings. The molecule has 0 aromatic carbocycles. The van der Waals surface area contributed by atoms with Crippen molar-refractivity contribution in [2.75, 3.05) is 5.01 Å². The number of nitrogens with zero attached hydrogens (tertiary/aromatic N) is 5. The molecule has 0 aliphatic heterocycles. The van der Waals surface area contributed by atoms with Gasteiger partial charge in [0, 0.05) is 38.3 Å². The first kappa shape index (κ1) is 15.5. The fourth-order valence-corrected chi connectivity index (χ4v) is 2.26. The van der Waals surface area contributed by atoms with E-state index in [4.69, 9.17) is 11.6 Å². The molecule has 0 saturated carbocycles. The smallest absolute Gasteiger partial charge is 0.332 e. The molecule has 124 valence electrons. The number of hydrogen-bond donors (Lipinski definition) is 3. The number of aryl methyl sites for hydroxylation is 1. The monoisotopic (exact) mass is 328 g/mol. The summed E-state index contributed by atoms with van der Waals surface area (Å²) in [5.74, 6) is 6.12. The Morgan fingerprint density at radius 1 is 1.33 bits per heavy atom.